The number of benzene rings is 2. The van der Waals surface area contributed by atoms with Crippen LogP contribution in [0.1, 0.15) is 153 Å². The van der Waals surface area contributed by atoms with Crippen LogP contribution in [0.15, 0.2) is 54.9 Å². The standard InChI is InChI=1S/C58H74N10O5/c1-36(2)67-35-59-48-34-47(62-52(51(48)67)61-42-16-17-42)39-11-19-46-49(31-39)68(44-32-43(33-44)64-25-5-4-6-26-64)56(73)58(46)23-29-66(30-24-58)55(72)57(3)21-27-65(28-22-57)54(71)38-9-14-41(15-10-38)60-40-12-7-37(8-13-40)45-18-20-50(69)63-53(45)70/h7-8,11-13,19,31,34-36,38,41-45,60H,4-6,9-10,14-18,20-30,32-33H2,1-3H3,(H,61,62)(H,63,69,70)/t38-,41-,43-,44+,45?. The molecule has 3 aliphatic carbocycles. The number of piperidine rings is 4. The largest absolute Gasteiger partial charge is 0.382 e. The average molecular weight is 991 g/mol. The molecular formula is C58H74N10O5. The first kappa shape index (κ1) is 48.1. The Morgan fingerprint density at radius 2 is 1.44 bits per heavy atom. The van der Waals surface area contributed by atoms with Crippen LogP contribution in [0.3, 0.4) is 0 Å². The number of rotatable bonds is 11. The molecule has 1 spiro atoms. The topological polar surface area (TPSA) is 165 Å². The number of imidazole rings is 1. The summed E-state index contributed by atoms with van der Waals surface area (Å²) in [5.74, 6) is 0.705. The van der Waals surface area contributed by atoms with E-state index in [1.807, 2.05) is 40.4 Å². The van der Waals surface area contributed by atoms with Gasteiger partial charge in [-0.2, -0.15) is 0 Å². The smallest absolute Gasteiger partial charge is 0.238 e. The minimum absolute atomic E-state index is 0.0133. The lowest BCUT2D eigenvalue weighted by molar-refractivity contribution is -0.150. The van der Waals surface area contributed by atoms with Crippen molar-refractivity contribution in [2.75, 3.05) is 54.8 Å². The van der Waals surface area contributed by atoms with Gasteiger partial charge in [0.25, 0.3) is 0 Å². The Morgan fingerprint density at radius 3 is 2.12 bits per heavy atom. The number of anilines is 3. The van der Waals surface area contributed by atoms with Crippen molar-refractivity contribution < 1.29 is 24.0 Å². The predicted molar refractivity (Wildman–Crippen MR) is 282 cm³/mol. The average Bonchev–Trinajstić information content (AvgIpc) is 4.06. The third-order valence-corrected chi connectivity index (χ3v) is 18.7. The summed E-state index contributed by atoms with van der Waals surface area (Å²) < 4.78 is 2.20. The molecule has 0 radical (unpaired) electrons. The van der Waals surface area contributed by atoms with Crippen molar-refractivity contribution in [2.45, 2.75) is 171 Å². The summed E-state index contributed by atoms with van der Waals surface area (Å²) in [4.78, 5) is 86.8. The van der Waals surface area contributed by atoms with Crippen LogP contribution in [0, 0.1) is 11.3 Å². The van der Waals surface area contributed by atoms with E-state index in [1.165, 1.54) is 19.3 Å². The van der Waals surface area contributed by atoms with E-state index in [0.29, 0.717) is 76.8 Å². The molecule has 0 bridgehead atoms. The molecule has 12 rings (SSSR count). The van der Waals surface area contributed by atoms with Crippen LogP contribution in [0.5, 0.6) is 0 Å². The van der Waals surface area contributed by atoms with Crippen molar-refractivity contribution in [3.05, 3.63) is 66.0 Å². The normalized spacial score (nSPS) is 27.3. The van der Waals surface area contributed by atoms with Crippen molar-refractivity contribution in [3.8, 4) is 11.3 Å². The lowest BCUT2D eigenvalue weighted by Gasteiger charge is -2.48. The summed E-state index contributed by atoms with van der Waals surface area (Å²) in [7, 11) is 0. The minimum Gasteiger partial charge on any atom is -0.382 e. The Balaban J connectivity index is 0.691. The van der Waals surface area contributed by atoms with Gasteiger partial charge in [-0.05, 0) is 159 Å². The van der Waals surface area contributed by atoms with Crippen molar-refractivity contribution in [2.24, 2.45) is 11.3 Å². The second-order valence-corrected chi connectivity index (χ2v) is 23.7. The van der Waals surface area contributed by atoms with Gasteiger partial charge in [-0.1, -0.05) is 37.6 Å². The first-order chi connectivity index (χ1) is 35.3. The molecule has 2 aromatic carbocycles. The molecule has 3 saturated carbocycles. The Morgan fingerprint density at radius 1 is 0.753 bits per heavy atom. The number of likely N-dealkylation sites (tertiary alicyclic amines) is 3. The molecule has 15 nitrogen and oxygen atoms in total. The van der Waals surface area contributed by atoms with Gasteiger partial charge in [-0.3, -0.25) is 29.3 Å². The van der Waals surface area contributed by atoms with Crippen molar-refractivity contribution in [1.29, 1.82) is 0 Å². The second kappa shape index (κ2) is 19.1. The van der Waals surface area contributed by atoms with Gasteiger partial charge in [0.2, 0.25) is 29.5 Å². The molecule has 7 heterocycles. The van der Waals surface area contributed by atoms with Crippen LogP contribution in [-0.2, 0) is 29.4 Å². The SMILES string of the molecule is CC(C)n1cnc2cc(-c3ccc4c(c3)N([C@H]3C[C@@H](N5CCCCC5)C3)C(=O)C43CCN(C(=O)C4(C)CCN(C(=O)[C@H]5CC[C@H](Nc6ccc(C7CCC(=O)NC7=O)cc6)CC5)CC4)CC3)nc(NC3CC3)c21. The van der Waals surface area contributed by atoms with Gasteiger partial charge in [-0.25, -0.2) is 9.97 Å². The van der Waals surface area contributed by atoms with Crippen molar-refractivity contribution in [3.63, 3.8) is 0 Å². The number of carbonyl (C=O) groups is 5. The van der Waals surface area contributed by atoms with E-state index in [1.54, 1.807) is 0 Å². The molecule has 5 aliphatic heterocycles. The summed E-state index contributed by atoms with van der Waals surface area (Å²) in [6, 6.07) is 18.3. The van der Waals surface area contributed by atoms with E-state index in [2.05, 4.69) is 75.4 Å². The molecule has 386 valence electrons. The molecule has 8 aliphatic rings. The summed E-state index contributed by atoms with van der Waals surface area (Å²) in [6.45, 7) is 11.0. The molecule has 3 N–H and O–H groups in total. The number of carbonyl (C=O) groups excluding carboxylic acids is 5. The molecule has 1 unspecified atom stereocenters. The van der Waals surface area contributed by atoms with Gasteiger partial charge in [0.15, 0.2) is 5.82 Å². The zero-order valence-electron chi connectivity index (χ0n) is 43.2. The fraction of sp³-hybridized carbons (Fsp3) is 0.603. The predicted octanol–water partition coefficient (Wildman–Crippen LogP) is 8.30. The summed E-state index contributed by atoms with van der Waals surface area (Å²) in [6.07, 6.45) is 16.8. The van der Waals surface area contributed by atoms with Crippen LogP contribution in [0.4, 0.5) is 17.2 Å². The molecule has 4 saturated heterocycles. The highest BCUT2D eigenvalue weighted by molar-refractivity contribution is 6.09. The Kier molecular flexibility index (Phi) is 12.6. The van der Waals surface area contributed by atoms with E-state index in [-0.39, 0.29) is 59.5 Å². The molecule has 7 fully saturated rings. The lowest BCUT2D eigenvalue weighted by atomic mass is 9.72. The third kappa shape index (κ3) is 8.98. The Bertz CT molecular complexity index is 2780. The van der Waals surface area contributed by atoms with E-state index in [4.69, 9.17) is 9.97 Å². The fourth-order valence-corrected chi connectivity index (χ4v) is 13.8. The summed E-state index contributed by atoms with van der Waals surface area (Å²) >= 11 is 0. The Hall–Kier alpha value is -5.83. The lowest BCUT2D eigenvalue weighted by Crippen LogP contribution is -2.59. The summed E-state index contributed by atoms with van der Waals surface area (Å²) in [5.41, 5.74) is 6.59. The quantitative estimate of drug-likeness (QED) is 0.125. The maximum atomic E-state index is 15.3. The maximum Gasteiger partial charge on any atom is 0.238 e. The first-order valence-electron chi connectivity index (χ1n) is 28.0. The van der Waals surface area contributed by atoms with Crippen LogP contribution >= 0.6 is 0 Å². The van der Waals surface area contributed by atoms with Gasteiger partial charge in [-0.15, -0.1) is 0 Å². The molecule has 73 heavy (non-hydrogen) atoms. The number of amides is 5. The number of fused-ring (bicyclic) bond motifs is 3. The van der Waals surface area contributed by atoms with Gasteiger partial charge in [0, 0.05) is 91.1 Å². The molecule has 15 heteroatoms. The van der Waals surface area contributed by atoms with Gasteiger partial charge in [0.1, 0.15) is 5.52 Å². The molecule has 4 aromatic rings. The highest BCUT2D eigenvalue weighted by Gasteiger charge is 2.56. The summed E-state index contributed by atoms with van der Waals surface area (Å²) in [5, 5.41) is 9.80. The Labute approximate surface area is 429 Å². The van der Waals surface area contributed by atoms with Crippen molar-refractivity contribution in [1.82, 2.24) is 34.6 Å². The van der Waals surface area contributed by atoms with E-state index >= 15 is 4.79 Å². The van der Waals surface area contributed by atoms with E-state index < -0.39 is 10.8 Å². The highest BCUT2D eigenvalue weighted by atomic mass is 16.2. The highest BCUT2D eigenvalue weighted by Crippen LogP contribution is 2.53. The van der Waals surface area contributed by atoms with Crippen LogP contribution in [-0.4, -0.2) is 122 Å². The number of aromatic nitrogens is 3. The zero-order chi connectivity index (χ0) is 50.2. The van der Waals surface area contributed by atoms with Gasteiger partial charge in [0.05, 0.1) is 28.9 Å². The monoisotopic (exact) mass is 991 g/mol. The van der Waals surface area contributed by atoms with Crippen LogP contribution in [0.25, 0.3) is 22.3 Å². The third-order valence-electron chi connectivity index (χ3n) is 18.7. The number of hydrogen-bond donors (Lipinski definition) is 3. The number of imide groups is 1. The number of nitrogens with zero attached hydrogens (tertiary/aromatic N) is 7. The second-order valence-electron chi connectivity index (χ2n) is 23.7. The van der Waals surface area contributed by atoms with Crippen LogP contribution in [0.2, 0.25) is 0 Å². The fourth-order valence-electron chi connectivity index (χ4n) is 13.8. The van der Waals surface area contributed by atoms with Gasteiger partial charge >= 0.3 is 0 Å². The van der Waals surface area contributed by atoms with Crippen LogP contribution < -0.4 is 20.9 Å². The molecular weight excluding hydrogens is 917 g/mol. The first-order valence-corrected chi connectivity index (χ1v) is 28.0. The number of pyridine rings is 1. The minimum atomic E-state index is -0.680. The molecule has 5 amide bonds. The molecule has 2 aromatic heterocycles. The van der Waals surface area contributed by atoms with E-state index in [9.17, 15) is 19.2 Å². The zero-order valence-corrected chi connectivity index (χ0v) is 43.2. The molecule has 1 atom stereocenters. The van der Waals surface area contributed by atoms with Crippen molar-refractivity contribution >= 4 is 57.8 Å². The number of nitrogens with one attached hydrogen (secondary N) is 3. The van der Waals surface area contributed by atoms with E-state index in [0.717, 1.165) is 115 Å². The number of hydrogen-bond acceptors (Lipinski definition) is 10. The van der Waals surface area contributed by atoms with Gasteiger partial charge < -0.3 is 34.8 Å². The maximum absolute atomic E-state index is 15.3.